The van der Waals surface area contributed by atoms with Gasteiger partial charge in [-0.25, -0.2) is 15.0 Å². The van der Waals surface area contributed by atoms with Gasteiger partial charge in [-0.1, -0.05) is 44.1 Å². The van der Waals surface area contributed by atoms with Crippen molar-refractivity contribution in [2.45, 2.75) is 63.4 Å². The highest BCUT2D eigenvalue weighted by Gasteiger charge is 2.49. The van der Waals surface area contributed by atoms with Crippen LogP contribution in [0.3, 0.4) is 0 Å². The van der Waals surface area contributed by atoms with E-state index in [1.807, 2.05) is 6.07 Å². The van der Waals surface area contributed by atoms with Crippen molar-refractivity contribution >= 4 is 31.2 Å². The number of ether oxygens (including phenoxy) is 1. The lowest BCUT2D eigenvalue weighted by Crippen LogP contribution is -2.51. The number of nitrogens with zero attached hydrogens (tertiary/aromatic N) is 7. The molecule has 1 fully saturated rings. The molecule has 0 saturated carbocycles. The number of aromatic nitrogens is 4. The maximum atomic E-state index is 12.7. The van der Waals surface area contributed by atoms with Crippen LogP contribution in [0.2, 0.25) is 18.1 Å². The molecule has 0 radical (unpaired) electrons. The normalized spacial score (nSPS) is 22.4. The molecule has 12 nitrogen and oxygen atoms in total. The first-order chi connectivity index (χ1) is 17.0. The Hall–Kier alpha value is -3.35. The average molecular weight is 510 g/mol. The minimum absolute atomic E-state index is 0.0613. The third-order valence-corrected chi connectivity index (χ3v) is 11.3. The molecule has 1 aliphatic heterocycles. The van der Waals surface area contributed by atoms with Gasteiger partial charge in [0.05, 0.1) is 25.0 Å². The number of anilines is 1. The molecule has 3 aromatic rings. The van der Waals surface area contributed by atoms with Gasteiger partial charge in [0.25, 0.3) is 5.91 Å². The fourth-order valence-corrected chi connectivity index (χ4v) is 5.11. The van der Waals surface area contributed by atoms with Crippen LogP contribution in [0.4, 0.5) is 5.82 Å². The summed E-state index contributed by atoms with van der Waals surface area (Å²) in [5, 5.41) is 6.42. The highest BCUT2D eigenvalue weighted by molar-refractivity contribution is 6.74. The molecule has 13 heteroatoms. The van der Waals surface area contributed by atoms with Crippen LogP contribution in [0.25, 0.3) is 21.6 Å². The molecule has 0 bridgehead atoms. The lowest BCUT2D eigenvalue weighted by atomic mass is 10.1. The van der Waals surface area contributed by atoms with Crippen LogP contribution in [-0.4, -0.2) is 58.5 Å². The van der Waals surface area contributed by atoms with Gasteiger partial charge < -0.3 is 20.2 Å². The zero-order chi connectivity index (χ0) is 26.1. The molecule has 4 atom stereocenters. The second-order valence-electron chi connectivity index (χ2n) is 10.3. The summed E-state index contributed by atoms with van der Waals surface area (Å²) in [5.41, 5.74) is 16.8. The van der Waals surface area contributed by atoms with Crippen LogP contribution in [0.5, 0.6) is 0 Å². The number of carbonyl (C=O) groups excluding carboxylic acids is 1. The van der Waals surface area contributed by atoms with Crippen LogP contribution in [0.1, 0.15) is 37.4 Å². The van der Waals surface area contributed by atoms with Crippen LogP contribution in [0.15, 0.2) is 48.1 Å². The third-order valence-electron chi connectivity index (χ3n) is 6.87. The van der Waals surface area contributed by atoms with Crippen molar-refractivity contribution in [3.63, 3.8) is 0 Å². The van der Waals surface area contributed by atoms with Crippen molar-refractivity contribution in [2.75, 3.05) is 11.9 Å². The third kappa shape index (κ3) is 4.97. The first-order valence-electron chi connectivity index (χ1n) is 11.7. The van der Waals surface area contributed by atoms with E-state index in [4.69, 9.17) is 20.4 Å². The molecule has 3 heterocycles. The molecule has 2 aromatic heterocycles. The summed E-state index contributed by atoms with van der Waals surface area (Å²) in [5.74, 6) is -0.0275. The SMILES string of the molecule is CC(C)(C)[Si](C)(C)OC1[C@H](n2cnc3c(NC(=O)c4ccccc4)ncnc32)O[C@H](CN=[N+]=[N-])[C@H]1N. The van der Waals surface area contributed by atoms with Crippen molar-refractivity contribution in [1.29, 1.82) is 0 Å². The summed E-state index contributed by atoms with van der Waals surface area (Å²) < 4.78 is 14.7. The number of nitrogens with one attached hydrogen (secondary N) is 1. The number of amides is 1. The molecule has 36 heavy (non-hydrogen) atoms. The maximum Gasteiger partial charge on any atom is 0.256 e. The van der Waals surface area contributed by atoms with Crippen LogP contribution < -0.4 is 11.1 Å². The summed E-state index contributed by atoms with van der Waals surface area (Å²) >= 11 is 0. The molecule has 0 spiro atoms. The molecular weight excluding hydrogens is 478 g/mol. The largest absolute Gasteiger partial charge is 0.408 e. The standard InChI is InChI=1S/C23H31N9O3Si/c1-23(2,3)36(4,5)35-18-16(24)15(11-29-31-25)34-22(18)32-13-28-17-19(26-12-27-20(17)32)30-21(33)14-9-7-6-8-10-14/h6-10,12-13,15-16,18,22H,11,24H2,1-5H3,(H,26,27,30,33)/t15-,16-,18?,22-/m1/s1. The van der Waals surface area contributed by atoms with E-state index in [2.05, 4.69) is 64.2 Å². The Morgan fingerprint density at radius 1 is 1.28 bits per heavy atom. The molecule has 1 unspecified atom stereocenters. The maximum absolute atomic E-state index is 12.7. The number of rotatable bonds is 7. The van der Waals surface area contributed by atoms with Gasteiger partial charge in [0.2, 0.25) is 0 Å². The number of benzene rings is 1. The lowest BCUT2D eigenvalue weighted by Gasteiger charge is -2.40. The average Bonchev–Trinajstić information content (AvgIpc) is 3.39. The summed E-state index contributed by atoms with van der Waals surface area (Å²) in [6, 6.07) is 8.31. The quantitative estimate of drug-likeness (QED) is 0.210. The first-order valence-corrected chi connectivity index (χ1v) is 14.6. The molecule has 0 aliphatic carbocycles. The van der Waals surface area contributed by atoms with Gasteiger partial charge in [0.1, 0.15) is 12.4 Å². The van der Waals surface area contributed by atoms with Crippen molar-refractivity contribution in [1.82, 2.24) is 19.5 Å². The van der Waals surface area contributed by atoms with Crippen molar-refractivity contribution < 1.29 is 14.0 Å². The van der Waals surface area contributed by atoms with Gasteiger partial charge in [0.15, 0.2) is 31.5 Å². The van der Waals surface area contributed by atoms with E-state index >= 15 is 0 Å². The molecule has 1 amide bonds. The molecule has 4 rings (SSSR count). The number of fused-ring (bicyclic) bond motifs is 1. The van der Waals surface area contributed by atoms with Gasteiger partial charge in [-0.05, 0) is 35.8 Å². The van der Waals surface area contributed by atoms with E-state index < -0.39 is 32.8 Å². The zero-order valence-electron chi connectivity index (χ0n) is 21.0. The molecular formula is C23H31N9O3Si. The summed E-state index contributed by atoms with van der Waals surface area (Å²) in [7, 11) is -2.25. The first kappa shape index (κ1) is 25.7. The Morgan fingerprint density at radius 3 is 2.67 bits per heavy atom. The number of imidazole rings is 1. The number of hydrogen-bond acceptors (Lipinski definition) is 8. The van der Waals surface area contributed by atoms with Crippen LogP contribution in [-0.2, 0) is 9.16 Å². The summed E-state index contributed by atoms with van der Waals surface area (Å²) in [6.45, 7) is 10.8. The highest BCUT2D eigenvalue weighted by atomic mass is 28.4. The summed E-state index contributed by atoms with van der Waals surface area (Å²) in [4.78, 5) is 28.7. The fraction of sp³-hybridized carbons (Fsp3) is 0.478. The predicted molar refractivity (Wildman–Crippen MR) is 138 cm³/mol. The molecule has 1 aliphatic rings. The predicted octanol–water partition coefficient (Wildman–Crippen LogP) is 4.00. The second kappa shape index (κ2) is 9.95. The van der Waals surface area contributed by atoms with Crippen LogP contribution in [0, 0.1) is 0 Å². The molecule has 1 aromatic carbocycles. The van der Waals surface area contributed by atoms with E-state index in [1.165, 1.54) is 6.33 Å². The number of hydrogen-bond donors (Lipinski definition) is 2. The fourth-order valence-electron chi connectivity index (χ4n) is 3.81. The molecule has 3 N–H and O–H groups in total. The van der Waals surface area contributed by atoms with Gasteiger partial charge in [-0.2, -0.15) is 0 Å². The lowest BCUT2D eigenvalue weighted by molar-refractivity contribution is -0.0285. The van der Waals surface area contributed by atoms with Crippen molar-refractivity contribution in [3.8, 4) is 0 Å². The van der Waals surface area contributed by atoms with Gasteiger partial charge >= 0.3 is 0 Å². The topological polar surface area (TPSA) is 166 Å². The minimum atomic E-state index is -2.25. The van der Waals surface area contributed by atoms with Gasteiger partial charge in [-0.3, -0.25) is 9.36 Å². The second-order valence-corrected chi connectivity index (χ2v) is 15.0. The van der Waals surface area contributed by atoms with E-state index in [0.717, 1.165) is 0 Å². The van der Waals surface area contributed by atoms with E-state index in [9.17, 15) is 4.79 Å². The zero-order valence-corrected chi connectivity index (χ0v) is 22.0. The Bertz CT molecular complexity index is 1280. The van der Waals surface area contributed by atoms with Gasteiger partial charge in [0, 0.05) is 10.5 Å². The Balaban J connectivity index is 1.69. The summed E-state index contributed by atoms with van der Waals surface area (Å²) in [6.07, 6.45) is 1.20. The molecule has 190 valence electrons. The van der Waals surface area contributed by atoms with Crippen molar-refractivity contribution in [3.05, 3.63) is 59.0 Å². The number of nitrogens with two attached hydrogens (primary N) is 1. The smallest absolute Gasteiger partial charge is 0.256 e. The van der Waals surface area contributed by atoms with E-state index in [0.29, 0.717) is 16.7 Å². The van der Waals surface area contributed by atoms with E-state index in [-0.39, 0.29) is 23.3 Å². The monoisotopic (exact) mass is 509 g/mol. The Morgan fingerprint density at radius 2 is 2.00 bits per heavy atom. The minimum Gasteiger partial charge on any atom is -0.408 e. The van der Waals surface area contributed by atoms with Crippen molar-refractivity contribution in [2.24, 2.45) is 10.8 Å². The highest BCUT2D eigenvalue weighted by Crippen LogP contribution is 2.42. The Kier molecular flexibility index (Phi) is 7.11. The van der Waals surface area contributed by atoms with Crippen LogP contribution >= 0.6 is 0 Å². The van der Waals surface area contributed by atoms with E-state index in [1.54, 1.807) is 35.2 Å². The number of carbonyl (C=O) groups is 1. The van der Waals surface area contributed by atoms with Gasteiger partial charge in [-0.15, -0.1) is 0 Å². The Labute approximate surface area is 210 Å². The molecule has 1 saturated heterocycles. The number of azide groups is 1.